The average molecular weight is 275 g/mol. The third-order valence-electron chi connectivity index (χ3n) is 1.74. The molecular formula is C9H5BrClNO2. The molecule has 0 aliphatic heterocycles. The molecule has 1 aromatic carbocycles. The van der Waals surface area contributed by atoms with Gasteiger partial charge in [0.2, 0.25) is 0 Å². The van der Waals surface area contributed by atoms with Gasteiger partial charge in [-0.3, -0.25) is 0 Å². The van der Waals surface area contributed by atoms with Gasteiger partial charge in [-0.2, -0.15) is 0 Å². The number of hydrogen-bond acceptors (Lipinski definition) is 2. The van der Waals surface area contributed by atoms with Gasteiger partial charge in [-0.25, -0.2) is 9.95 Å². The molecule has 0 aliphatic rings. The number of H-pyrrole nitrogens is 1. The summed E-state index contributed by atoms with van der Waals surface area (Å²) in [5.41, 5.74) is 0.879. The SMILES string of the molecule is O=c1cc(-c2cc(Br)ccc2Cl)[nH]o1. The largest absolute Gasteiger partial charge is 0.357 e. The van der Waals surface area contributed by atoms with Crippen LogP contribution in [-0.4, -0.2) is 5.16 Å². The standard InChI is InChI=1S/C9H5BrClNO2/c10-5-1-2-7(11)6(3-5)8-4-9(13)14-12-8/h1-4,12H. The highest BCUT2D eigenvalue weighted by Gasteiger charge is 2.07. The van der Waals surface area contributed by atoms with Crippen molar-refractivity contribution in [2.24, 2.45) is 0 Å². The summed E-state index contributed by atoms with van der Waals surface area (Å²) < 4.78 is 5.45. The Balaban J connectivity index is 2.61. The molecular weight excluding hydrogens is 269 g/mol. The van der Waals surface area contributed by atoms with E-state index in [1.165, 1.54) is 6.07 Å². The molecule has 0 bridgehead atoms. The molecule has 0 fully saturated rings. The van der Waals surface area contributed by atoms with Gasteiger partial charge < -0.3 is 4.52 Å². The predicted molar refractivity (Wildman–Crippen MR) is 57.5 cm³/mol. The molecule has 0 saturated carbocycles. The summed E-state index contributed by atoms with van der Waals surface area (Å²) in [5, 5.41) is 3.06. The summed E-state index contributed by atoms with van der Waals surface area (Å²) in [6, 6.07) is 6.73. The van der Waals surface area contributed by atoms with Crippen LogP contribution in [0.25, 0.3) is 11.3 Å². The van der Waals surface area contributed by atoms with Crippen LogP contribution in [-0.2, 0) is 0 Å². The second-order valence-corrected chi connectivity index (χ2v) is 4.03. The molecule has 14 heavy (non-hydrogen) atoms. The van der Waals surface area contributed by atoms with Crippen molar-refractivity contribution in [1.29, 1.82) is 0 Å². The highest BCUT2D eigenvalue weighted by atomic mass is 79.9. The monoisotopic (exact) mass is 273 g/mol. The highest BCUT2D eigenvalue weighted by molar-refractivity contribution is 9.10. The molecule has 2 rings (SSSR count). The Hall–Kier alpha value is -1.00. The van der Waals surface area contributed by atoms with Crippen molar-refractivity contribution in [3.05, 3.63) is 44.2 Å². The number of nitrogens with one attached hydrogen (secondary N) is 1. The van der Waals surface area contributed by atoms with Crippen molar-refractivity contribution in [2.75, 3.05) is 0 Å². The summed E-state index contributed by atoms with van der Waals surface area (Å²) in [6.45, 7) is 0. The molecule has 0 radical (unpaired) electrons. The van der Waals surface area contributed by atoms with Gasteiger partial charge in [0.15, 0.2) is 0 Å². The van der Waals surface area contributed by atoms with Crippen molar-refractivity contribution in [3.8, 4) is 11.3 Å². The lowest BCUT2D eigenvalue weighted by molar-refractivity contribution is 0.394. The Labute approximate surface area is 92.8 Å². The van der Waals surface area contributed by atoms with E-state index in [0.717, 1.165) is 10.0 Å². The zero-order valence-corrected chi connectivity index (χ0v) is 9.22. The molecule has 0 aliphatic carbocycles. The van der Waals surface area contributed by atoms with E-state index in [0.29, 0.717) is 10.7 Å². The molecule has 72 valence electrons. The first-order valence-corrected chi connectivity index (χ1v) is 4.98. The molecule has 0 amide bonds. The maximum atomic E-state index is 10.8. The number of hydrogen-bond donors (Lipinski definition) is 1. The molecule has 0 spiro atoms. The Bertz CT molecular complexity index is 518. The molecule has 3 nitrogen and oxygen atoms in total. The van der Waals surface area contributed by atoms with Gasteiger partial charge in [-0.05, 0) is 18.2 Å². The summed E-state index contributed by atoms with van der Waals surface area (Å²) in [5.74, 6) is 0. The van der Waals surface area contributed by atoms with E-state index < -0.39 is 5.63 Å². The average Bonchev–Trinajstić information content (AvgIpc) is 2.56. The van der Waals surface area contributed by atoms with Crippen molar-refractivity contribution < 1.29 is 4.52 Å². The van der Waals surface area contributed by atoms with Crippen molar-refractivity contribution >= 4 is 27.5 Å². The van der Waals surface area contributed by atoms with Gasteiger partial charge >= 0.3 is 5.63 Å². The van der Waals surface area contributed by atoms with Crippen LogP contribution in [0.2, 0.25) is 5.02 Å². The number of aromatic amines is 1. The van der Waals surface area contributed by atoms with Gasteiger partial charge in [0.05, 0.1) is 16.8 Å². The fraction of sp³-hybridized carbons (Fsp3) is 0. The van der Waals surface area contributed by atoms with E-state index in [1.54, 1.807) is 6.07 Å². The van der Waals surface area contributed by atoms with Crippen LogP contribution in [0.3, 0.4) is 0 Å². The topological polar surface area (TPSA) is 46.0 Å². The van der Waals surface area contributed by atoms with E-state index >= 15 is 0 Å². The Morgan fingerprint density at radius 2 is 2.14 bits per heavy atom. The van der Waals surface area contributed by atoms with E-state index in [2.05, 4.69) is 25.6 Å². The molecule has 5 heteroatoms. The minimum absolute atomic E-state index is 0.420. The van der Waals surface area contributed by atoms with Crippen LogP contribution >= 0.6 is 27.5 Å². The van der Waals surface area contributed by atoms with Gasteiger partial charge in [0.1, 0.15) is 0 Å². The van der Waals surface area contributed by atoms with Crippen molar-refractivity contribution in [2.45, 2.75) is 0 Å². The normalized spacial score (nSPS) is 10.4. The molecule has 0 saturated heterocycles. The fourth-order valence-corrected chi connectivity index (χ4v) is 1.70. The third kappa shape index (κ3) is 1.76. The number of halogens is 2. The van der Waals surface area contributed by atoms with Crippen molar-refractivity contribution in [1.82, 2.24) is 5.16 Å². The highest BCUT2D eigenvalue weighted by Crippen LogP contribution is 2.28. The van der Waals surface area contributed by atoms with Crippen LogP contribution in [0, 0.1) is 0 Å². The van der Waals surface area contributed by atoms with Crippen molar-refractivity contribution in [3.63, 3.8) is 0 Å². The summed E-state index contributed by atoms with van der Waals surface area (Å²) in [4.78, 5) is 10.8. The minimum Gasteiger partial charge on any atom is -0.339 e. The van der Waals surface area contributed by atoms with E-state index in [9.17, 15) is 4.79 Å². The molecule has 0 atom stereocenters. The second-order valence-electron chi connectivity index (χ2n) is 2.71. The zero-order chi connectivity index (χ0) is 10.1. The third-order valence-corrected chi connectivity index (χ3v) is 2.57. The van der Waals surface area contributed by atoms with Gasteiger partial charge in [0.25, 0.3) is 0 Å². The van der Waals surface area contributed by atoms with E-state index in [1.807, 2.05) is 12.1 Å². The van der Waals surface area contributed by atoms with Gasteiger partial charge in [-0.1, -0.05) is 27.5 Å². The van der Waals surface area contributed by atoms with Crippen LogP contribution in [0.5, 0.6) is 0 Å². The minimum atomic E-state index is -0.420. The lowest BCUT2D eigenvalue weighted by atomic mass is 10.1. The lowest BCUT2D eigenvalue weighted by Crippen LogP contribution is -1.85. The zero-order valence-electron chi connectivity index (χ0n) is 6.88. The number of aromatic nitrogens is 1. The fourth-order valence-electron chi connectivity index (χ4n) is 1.12. The summed E-state index contributed by atoms with van der Waals surface area (Å²) in [7, 11) is 0. The first-order valence-electron chi connectivity index (χ1n) is 3.81. The smallest absolute Gasteiger partial charge is 0.339 e. The molecule has 1 heterocycles. The van der Waals surface area contributed by atoms with Crippen LogP contribution in [0.1, 0.15) is 0 Å². The van der Waals surface area contributed by atoms with Crippen LogP contribution < -0.4 is 5.63 Å². The summed E-state index contributed by atoms with van der Waals surface area (Å²) in [6.07, 6.45) is 0. The molecule has 1 N–H and O–H groups in total. The van der Waals surface area contributed by atoms with Gasteiger partial charge in [0, 0.05) is 10.0 Å². The van der Waals surface area contributed by atoms with E-state index in [-0.39, 0.29) is 0 Å². The number of rotatable bonds is 1. The first kappa shape index (κ1) is 9.55. The Kier molecular flexibility index (Phi) is 2.48. The number of benzene rings is 1. The summed E-state index contributed by atoms with van der Waals surface area (Å²) >= 11 is 9.27. The van der Waals surface area contributed by atoms with Crippen LogP contribution in [0.4, 0.5) is 0 Å². The maximum Gasteiger partial charge on any atom is 0.357 e. The lowest BCUT2D eigenvalue weighted by Gasteiger charge is -2.00. The predicted octanol–water partition coefficient (Wildman–Crippen LogP) is 3.05. The van der Waals surface area contributed by atoms with Crippen LogP contribution in [0.15, 0.2) is 38.1 Å². The van der Waals surface area contributed by atoms with Gasteiger partial charge in [-0.15, -0.1) is 0 Å². The molecule has 1 aromatic heterocycles. The first-order chi connectivity index (χ1) is 6.66. The molecule has 0 unspecified atom stereocenters. The Morgan fingerprint density at radius 3 is 2.79 bits per heavy atom. The quantitative estimate of drug-likeness (QED) is 0.869. The Morgan fingerprint density at radius 1 is 1.36 bits per heavy atom. The second kappa shape index (κ2) is 3.63. The van der Waals surface area contributed by atoms with E-state index in [4.69, 9.17) is 11.6 Å². The molecule has 2 aromatic rings. The maximum absolute atomic E-state index is 10.8.